The summed E-state index contributed by atoms with van der Waals surface area (Å²) in [6.45, 7) is 2.62. The Morgan fingerprint density at radius 3 is 3.04 bits per heavy atom. The van der Waals surface area contributed by atoms with E-state index in [9.17, 15) is 0 Å². The van der Waals surface area contributed by atoms with Crippen molar-refractivity contribution >= 4 is 15.9 Å². The molecule has 1 aliphatic rings. The molecule has 0 spiro atoms. The van der Waals surface area contributed by atoms with Crippen LogP contribution in [0.2, 0.25) is 0 Å². The van der Waals surface area contributed by atoms with E-state index in [4.69, 9.17) is 9.40 Å². The summed E-state index contributed by atoms with van der Waals surface area (Å²) in [7, 11) is 0. The molecule has 23 heavy (non-hydrogen) atoms. The molecule has 0 radical (unpaired) electrons. The standard InChI is InChI=1S/C17H15BrN4O/c18-14-6-15(23-11-14)10-22-5-3-16-13(9-22)8-20-17(21-16)12-2-1-4-19-7-12/h1-2,4,6-8,11H,3,5,9-10H2. The van der Waals surface area contributed by atoms with E-state index in [1.807, 2.05) is 24.4 Å². The molecule has 0 unspecified atom stereocenters. The van der Waals surface area contributed by atoms with E-state index in [1.165, 1.54) is 5.56 Å². The van der Waals surface area contributed by atoms with Crippen LogP contribution in [0.15, 0.2) is 51.9 Å². The first-order valence-electron chi connectivity index (χ1n) is 7.48. The first-order chi connectivity index (χ1) is 11.3. The second-order valence-electron chi connectivity index (χ2n) is 5.60. The zero-order chi connectivity index (χ0) is 15.6. The molecule has 0 fully saturated rings. The number of halogens is 1. The highest BCUT2D eigenvalue weighted by atomic mass is 79.9. The van der Waals surface area contributed by atoms with Crippen molar-refractivity contribution in [1.82, 2.24) is 19.9 Å². The largest absolute Gasteiger partial charge is 0.467 e. The Labute approximate surface area is 142 Å². The van der Waals surface area contributed by atoms with Crippen LogP contribution in [-0.2, 0) is 19.5 Å². The van der Waals surface area contributed by atoms with Crippen LogP contribution in [0, 0.1) is 0 Å². The van der Waals surface area contributed by atoms with Crippen LogP contribution in [0.4, 0.5) is 0 Å². The molecular weight excluding hydrogens is 356 g/mol. The summed E-state index contributed by atoms with van der Waals surface area (Å²) in [4.78, 5) is 15.7. The van der Waals surface area contributed by atoms with Crippen LogP contribution in [-0.4, -0.2) is 26.4 Å². The molecule has 0 saturated carbocycles. The molecule has 5 nitrogen and oxygen atoms in total. The number of hydrogen-bond donors (Lipinski definition) is 0. The average molecular weight is 371 g/mol. The van der Waals surface area contributed by atoms with Gasteiger partial charge >= 0.3 is 0 Å². The lowest BCUT2D eigenvalue weighted by molar-refractivity contribution is 0.223. The maximum atomic E-state index is 5.51. The molecule has 4 heterocycles. The number of rotatable bonds is 3. The Morgan fingerprint density at radius 1 is 1.30 bits per heavy atom. The van der Waals surface area contributed by atoms with E-state index in [2.05, 4.69) is 30.8 Å². The Balaban J connectivity index is 1.52. The summed E-state index contributed by atoms with van der Waals surface area (Å²) in [6, 6.07) is 5.90. The van der Waals surface area contributed by atoms with Crippen molar-refractivity contribution in [3.8, 4) is 11.4 Å². The molecule has 1 aliphatic heterocycles. The van der Waals surface area contributed by atoms with Crippen LogP contribution >= 0.6 is 15.9 Å². The molecule has 0 N–H and O–H groups in total. The first-order valence-corrected chi connectivity index (χ1v) is 8.28. The molecule has 116 valence electrons. The fourth-order valence-electron chi connectivity index (χ4n) is 2.80. The summed E-state index contributed by atoms with van der Waals surface area (Å²) in [5, 5.41) is 0. The van der Waals surface area contributed by atoms with Crippen LogP contribution < -0.4 is 0 Å². The van der Waals surface area contributed by atoms with Gasteiger partial charge in [-0.25, -0.2) is 9.97 Å². The molecule has 3 aromatic rings. The molecule has 0 amide bonds. The molecule has 0 aromatic carbocycles. The number of aromatic nitrogens is 3. The van der Waals surface area contributed by atoms with Gasteiger partial charge in [0.05, 0.1) is 16.7 Å². The zero-order valence-electron chi connectivity index (χ0n) is 12.4. The highest BCUT2D eigenvalue weighted by molar-refractivity contribution is 9.10. The molecule has 4 rings (SSSR count). The molecule has 3 aromatic heterocycles. The van der Waals surface area contributed by atoms with Crippen molar-refractivity contribution < 1.29 is 4.42 Å². The molecule has 0 saturated heterocycles. The predicted molar refractivity (Wildman–Crippen MR) is 89.5 cm³/mol. The van der Waals surface area contributed by atoms with Crippen LogP contribution in [0.5, 0.6) is 0 Å². The molecule has 0 aliphatic carbocycles. The highest BCUT2D eigenvalue weighted by Gasteiger charge is 2.19. The third kappa shape index (κ3) is 3.18. The van der Waals surface area contributed by atoms with Crippen molar-refractivity contribution in [3.05, 3.63) is 64.5 Å². The van der Waals surface area contributed by atoms with Gasteiger partial charge in [0.2, 0.25) is 0 Å². The predicted octanol–water partition coefficient (Wildman–Crippen LogP) is 3.45. The summed E-state index contributed by atoms with van der Waals surface area (Å²) in [5.41, 5.74) is 3.28. The maximum Gasteiger partial charge on any atom is 0.160 e. The molecule has 6 heteroatoms. The number of pyridine rings is 1. The second-order valence-corrected chi connectivity index (χ2v) is 6.51. The van der Waals surface area contributed by atoms with Gasteiger partial charge in [-0.2, -0.15) is 0 Å². The summed E-state index contributed by atoms with van der Waals surface area (Å²) < 4.78 is 6.49. The molecule has 0 atom stereocenters. The van der Waals surface area contributed by atoms with Crippen molar-refractivity contribution in [2.75, 3.05) is 6.54 Å². The maximum absolute atomic E-state index is 5.51. The van der Waals surface area contributed by atoms with Gasteiger partial charge in [0.15, 0.2) is 5.82 Å². The summed E-state index contributed by atoms with van der Waals surface area (Å²) >= 11 is 3.42. The lowest BCUT2D eigenvalue weighted by atomic mass is 10.1. The van der Waals surface area contributed by atoms with E-state index < -0.39 is 0 Å². The minimum Gasteiger partial charge on any atom is -0.467 e. The van der Waals surface area contributed by atoms with Crippen molar-refractivity contribution in [3.63, 3.8) is 0 Å². The van der Waals surface area contributed by atoms with Crippen molar-refractivity contribution in [1.29, 1.82) is 0 Å². The van der Waals surface area contributed by atoms with Gasteiger partial charge in [-0.15, -0.1) is 0 Å². The zero-order valence-corrected chi connectivity index (χ0v) is 14.0. The van der Waals surface area contributed by atoms with Gasteiger partial charge in [0.1, 0.15) is 12.0 Å². The topological polar surface area (TPSA) is 55.1 Å². The fourth-order valence-corrected chi connectivity index (χ4v) is 3.15. The highest BCUT2D eigenvalue weighted by Crippen LogP contribution is 2.23. The Hall–Kier alpha value is -2.05. The van der Waals surface area contributed by atoms with Gasteiger partial charge in [0, 0.05) is 49.2 Å². The van der Waals surface area contributed by atoms with E-state index in [1.54, 1.807) is 18.7 Å². The van der Waals surface area contributed by atoms with Crippen molar-refractivity contribution in [2.45, 2.75) is 19.5 Å². The lowest BCUT2D eigenvalue weighted by Gasteiger charge is -2.27. The second kappa shape index (κ2) is 6.22. The SMILES string of the molecule is Brc1coc(CN2CCc3nc(-c4cccnc4)ncc3C2)c1. The fraction of sp³-hybridized carbons (Fsp3) is 0.235. The van der Waals surface area contributed by atoms with Crippen molar-refractivity contribution in [2.24, 2.45) is 0 Å². The molecule has 0 bridgehead atoms. The minimum absolute atomic E-state index is 0.750. The van der Waals surface area contributed by atoms with Crippen LogP contribution in [0.1, 0.15) is 17.0 Å². The monoisotopic (exact) mass is 370 g/mol. The van der Waals surface area contributed by atoms with E-state index in [0.29, 0.717) is 0 Å². The van der Waals surface area contributed by atoms with E-state index in [-0.39, 0.29) is 0 Å². The smallest absolute Gasteiger partial charge is 0.160 e. The Morgan fingerprint density at radius 2 is 2.26 bits per heavy atom. The minimum atomic E-state index is 0.750. The third-order valence-corrected chi connectivity index (χ3v) is 4.35. The summed E-state index contributed by atoms with van der Waals surface area (Å²) in [5.74, 6) is 1.72. The Bertz CT molecular complexity index is 818. The van der Waals surface area contributed by atoms with Gasteiger partial charge < -0.3 is 4.42 Å². The first kappa shape index (κ1) is 14.5. The van der Waals surface area contributed by atoms with Crippen LogP contribution in [0.3, 0.4) is 0 Å². The Kier molecular flexibility index (Phi) is 3.93. The quantitative estimate of drug-likeness (QED) is 0.706. The average Bonchev–Trinajstić information content (AvgIpc) is 3.00. The van der Waals surface area contributed by atoms with Gasteiger partial charge in [0.25, 0.3) is 0 Å². The van der Waals surface area contributed by atoms with Crippen LogP contribution in [0.25, 0.3) is 11.4 Å². The van der Waals surface area contributed by atoms with E-state index in [0.717, 1.165) is 53.4 Å². The normalized spacial score (nSPS) is 14.7. The number of hydrogen-bond acceptors (Lipinski definition) is 5. The van der Waals surface area contributed by atoms with Gasteiger partial charge in [-0.05, 0) is 34.1 Å². The van der Waals surface area contributed by atoms with Gasteiger partial charge in [-0.1, -0.05) is 0 Å². The molecular formula is C17H15BrN4O. The third-order valence-electron chi connectivity index (χ3n) is 3.93. The number of nitrogens with zero attached hydrogens (tertiary/aromatic N) is 4. The number of furan rings is 1. The van der Waals surface area contributed by atoms with Gasteiger partial charge in [-0.3, -0.25) is 9.88 Å². The summed E-state index contributed by atoms with van der Waals surface area (Å²) in [6.07, 6.45) is 8.14. The number of fused-ring (bicyclic) bond motifs is 1. The lowest BCUT2D eigenvalue weighted by Crippen LogP contribution is -2.30. The van der Waals surface area contributed by atoms with E-state index >= 15 is 0 Å².